The highest BCUT2D eigenvalue weighted by molar-refractivity contribution is 5.85. The van der Waals surface area contributed by atoms with Crippen LogP contribution >= 0.6 is 12.4 Å². The van der Waals surface area contributed by atoms with Crippen LogP contribution in [0.4, 0.5) is 0 Å². The number of aryl methyl sites for hydroxylation is 1. The molecule has 2 rings (SSSR count). The third-order valence-corrected chi connectivity index (χ3v) is 3.21. The number of nitrogens with one attached hydrogen (secondary N) is 2. The van der Waals surface area contributed by atoms with Crippen molar-refractivity contribution in [3.05, 3.63) is 18.0 Å². The second-order valence-corrected chi connectivity index (χ2v) is 4.68. The maximum atomic E-state index is 12.0. The molecular weight excluding hydrogens is 252 g/mol. The highest BCUT2D eigenvalue weighted by Gasteiger charge is 2.22. The zero-order valence-corrected chi connectivity index (χ0v) is 11.7. The fourth-order valence-corrected chi connectivity index (χ4v) is 2.14. The van der Waals surface area contributed by atoms with Crippen molar-refractivity contribution < 1.29 is 4.79 Å². The molecule has 1 amide bonds. The van der Waals surface area contributed by atoms with Gasteiger partial charge in [0.2, 0.25) is 5.91 Å². The highest BCUT2D eigenvalue weighted by Crippen LogP contribution is 2.12. The van der Waals surface area contributed by atoms with Gasteiger partial charge in [0.25, 0.3) is 0 Å². The summed E-state index contributed by atoms with van der Waals surface area (Å²) in [6.45, 7) is 2.93. The van der Waals surface area contributed by atoms with Gasteiger partial charge in [-0.2, -0.15) is 5.10 Å². The molecule has 1 saturated heterocycles. The molecule has 1 aromatic rings. The Morgan fingerprint density at radius 1 is 1.61 bits per heavy atom. The number of piperidine rings is 1. The average Bonchev–Trinajstić information content (AvgIpc) is 2.77. The predicted octanol–water partition coefficient (Wildman–Crippen LogP) is 1.16. The monoisotopic (exact) mass is 272 g/mol. The molecule has 0 saturated carbocycles. The summed E-state index contributed by atoms with van der Waals surface area (Å²) in [7, 11) is 1.88. The molecule has 0 radical (unpaired) electrons. The molecule has 0 bridgehead atoms. The standard InChI is InChI=1S/C12H20N4O.ClH/c1-9(10-7-14-16(2)8-10)15-12(17)11-5-3-4-6-13-11;/h7-9,11,13H,3-6H2,1-2H3,(H,15,17);1H/t9?,11-;/m1./s1. The van der Waals surface area contributed by atoms with E-state index in [9.17, 15) is 4.79 Å². The molecule has 2 atom stereocenters. The van der Waals surface area contributed by atoms with Crippen LogP contribution in [0.2, 0.25) is 0 Å². The summed E-state index contributed by atoms with van der Waals surface area (Å²) >= 11 is 0. The van der Waals surface area contributed by atoms with Gasteiger partial charge in [-0.05, 0) is 26.3 Å². The smallest absolute Gasteiger partial charge is 0.237 e. The second-order valence-electron chi connectivity index (χ2n) is 4.68. The number of carbonyl (C=O) groups excluding carboxylic acids is 1. The van der Waals surface area contributed by atoms with Gasteiger partial charge < -0.3 is 10.6 Å². The van der Waals surface area contributed by atoms with Crippen LogP contribution in [0, 0.1) is 0 Å². The van der Waals surface area contributed by atoms with Crippen LogP contribution in [0.1, 0.15) is 37.8 Å². The molecule has 5 nitrogen and oxygen atoms in total. The number of rotatable bonds is 3. The Kier molecular flexibility index (Phi) is 5.62. The van der Waals surface area contributed by atoms with Gasteiger partial charge in [-0.1, -0.05) is 6.42 Å². The van der Waals surface area contributed by atoms with E-state index in [1.165, 1.54) is 6.42 Å². The molecule has 18 heavy (non-hydrogen) atoms. The predicted molar refractivity (Wildman–Crippen MR) is 72.7 cm³/mol. The largest absolute Gasteiger partial charge is 0.348 e. The first-order valence-corrected chi connectivity index (χ1v) is 6.19. The van der Waals surface area contributed by atoms with Gasteiger partial charge >= 0.3 is 0 Å². The van der Waals surface area contributed by atoms with Crippen molar-refractivity contribution in [1.29, 1.82) is 0 Å². The molecule has 1 aliphatic rings. The normalized spacial score (nSPS) is 20.9. The third-order valence-electron chi connectivity index (χ3n) is 3.21. The summed E-state index contributed by atoms with van der Waals surface area (Å²) in [5.41, 5.74) is 1.04. The van der Waals surface area contributed by atoms with E-state index in [0.717, 1.165) is 24.9 Å². The van der Waals surface area contributed by atoms with E-state index in [1.54, 1.807) is 10.9 Å². The van der Waals surface area contributed by atoms with Gasteiger partial charge in [-0.15, -0.1) is 12.4 Å². The minimum atomic E-state index is -0.0251. The van der Waals surface area contributed by atoms with E-state index in [4.69, 9.17) is 0 Å². The number of halogens is 1. The van der Waals surface area contributed by atoms with Crippen molar-refractivity contribution in [2.24, 2.45) is 7.05 Å². The Labute approximate surface area is 114 Å². The van der Waals surface area contributed by atoms with Gasteiger partial charge in [0, 0.05) is 18.8 Å². The van der Waals surface area contributed by atoms with Gasteiger partial charge in [-0.25, -0.2) is 0 Å². The topological polar surface area (TPSA) is 59.0 Å². The molecule has 2 heterocycles. The van der Waals surface area contributed by atoms with Gasteiger partial charge in [0.15, 0.2) is 0 Å². The molecule has 102 valence electrons. The summed E-state index contributed by atoms with van der Waals surface area (Å²) < 4.78 is 1.75. The van der Waals surface area contributed by atoms with Crippen LogP contribution in [-0.4, -0.2) is 28.3 Å². The zero-order chi connectivity index (χ0) is 12.3. The second kappa shape index (κ2) is 6.75. The molecule has 2 N–H and O–H groups in total. The van der Waals surface area contributed by atoms with Crippen molar-refractivity contribution in [2.75, 3.05) is 6.54 Å². The minimum absolute atomic E-state index is 0. The molecule has 1 aromatic heterocycles. The van der Waals surface area contributed by atoms with E-state index in [0.29, 0.717) is 0 Å². The van der Waals surface area contributed by atoms with Crippen molar-refractivity contribution in [3.8, 4) is 0 Å². The summed E-state index contributed by atoms with van der Waals surface area (Å²) in [6.07, 6.45) is 6.96. The van der Waals surface area contributed by atoms with Crippen molar-refractivity contribution in [3.63, 3.8) is 0 Å². The third kappa shape index (κ3) is 3.71. The van der Waals surface area contributed by atoms with Crippen LogP contribution in [0.3, 0.4) is 0 Å². The fourth-order valence-electron chi connectivity index (χ4n) is 2.14. The van der Waals surface area contributed by atoms with Crippen LogP contribution in [0.5, 0.6) is 0 Å². The van der Waals surface area contributed by atoms with Crippen LogP contribution in [0.15, 0.2) is 12.4 Å². The Morgan fingerprint density at radius 2 is 2.39 bits per heavy atom. The zero-order valence-electron chi connectivity index (χ0n) is 10.8. The van der Waals surface area contributed by atoms with Crippen LogP contribution in [0.25, 0.3) is 0 Å². The number of carbonyl (C=O) groups is 1. The molecule has 0 aliphatic carbocycles. The van der Waals surface area contributed by atoms with Crippen molar-refractivity contribution >= 4 is 18.3 Å². The first kappa shape index (κ1) is 15.0. The van der Waals surface area contributed by atoms with Gasteiger partial charge in [0.1, 0.15) is 0 Å². The molecule has 1 fully saturated rings. The molecule has 1 aliphatic heterocycles. The lowest BCUT2D eigenvalue weighted by Gasteiger charge is -2.24. The molecule has 1 unspecified atom stereocenters. The summed E-state index contributed by atoms with van der Waals surface area (Å²) in [4.78, 5) is 12.0. The number of amides is 1. The fraction of sp³-hybridized carbons (Fsp3) is 0.667. The number of hydrogen-bond donors (Lipinski definition) is 2. The van der Waals surface area contributed by atoms with Gasteiger partial charge in [-0.3, -0.25) is 9.48 Å². The lowest BCUT2D eigenvalue weighted by molar-refractivity contribution is -0.124. The maximum Gasteiger partial charge on any atom is 0.237 e. The molecule has 0 spiro atoms. The Morgan fingerprint density at radius 3 is 2.94 bits per heavy atom. The van der Waals surface area contributed by atoms with E-state index in [-0.39, 0.29) is 30.4 Å². The highest BCUT2D eigenvalue weighted by atomic mass is 35.5. The van der Waals surface area contributed by atoms with Gasteiger partial charge in [0.05, 0.1) is 18.3 Å². The summed E-state index contributed by atoms with van der Waals surface area (Å²) in [5, 5.41) is 10.4. The SMILES string of the molecule is CC(NC(=O)[C@H]1CCCCN1)c1cnn(C)c1.Cl. The summed E-state index contributed by atoms with van der Waals surface area (Å²) in [5.74, 6) is 0.0982. The summed E-state index contributed by atoms with van der Waals surface area (Å²) in [6, 6.07) is -0.0113. The van der Waals surface area contributed by atoms with Crippen LogP contribution < -0.4 is 10.6 Å². The van der Waals surface area contributed by atoms with E-state index < -0.39 is 0 Å². The minimum Gasteiger partial charge on any atom is -0.348 e. The lowest BCUT2D eigenvalue weighted by Crippen LogP contribution is -2.47. The number of nitrogens with zero attached hydrogens (tertiary/aromatic N) is 2. The van der Waals surface area contributed by atoms with Crippen molar-refractivity contribution in [2.45, 2.75) is 38.3 Å². The maximum absolute atomic E-state index is 12.0. The Hall–Kier alpha value is -1.07. The molecule has 0 aromatic carbocycles. The molecular formula is C12H21ClN4O. The quantitative estimate of drug-likeness (QED) is 0.868. The van der Waals surface area contributed by atoms with E-state index >= 15 is 0 Å². The number of hydrogen-bond acceptors (Lipinski definition) is 3. The first-order chi connectivity index (χ1) is 8.16. The van der Waals surface area contributed by atoms with Crippen molar-refractivity contribution in [1.82, 2.24) is 20.4 Å². The average molecular weight is 273 g/mol. The van der Waals surface area contributed by atoms with Crippen LogP contribution in [-0.2, 0) is 11.8 Å². The molecule has 6 heteroatoms. The van der Waals surface area contributed by atoms with E-state index in [2.05, 4.69) is 15.7 Å². The van der Waals surface area contributed by atoms with E-state index in [1.807, 2.05) is 20.2 Å². The Balaban J connectivity index is 0.00000162. The number of aromatic nitrogens is 2. The lowest BCUT2D eigenvalue weighted by atomic mass is 10.0. The Bertz CT molecular complexity index is 387. The first-order valence-electron chi connectivity index (χ1n) is 6.19.